The Labute approximate surface area is 129 Å². The zero-order chi connectivity index (χ0) is 15.5. The van der Waals surface area contributed by atoms with Gasteiger partial charge in [-0.1, -0.05) is 23.7 Å². The van der Waals surface area contributed by atoms with E-state index in [1.165, 1.54) is 4.90 Å². The second-order valence-electron chi connectivity index (χ2n) is 5.28. The number of sulfone groups is 1. The number of halogens is 1. The summed E-state index contributed by atoms with van der Waals surface area (Å²) in [6, 6.07) is 6.56. The lowest BCUT2D eigenvalue weighted by Crippen LogP contribution is -2.37. The average Bonchev–Trinajstić information content (AvgIpc) is 2.77. The van der Waals surface area contributed by atoms with E-state index in [1.54, 1.807) is 24.3 Å². The summed E-state index contributed by atoms with van der Waals surface area (Å²) >= 11 is 5.75. The molecule has 0 aromatic heterocycles. The molecule has 1 fully saturated rings. The predicted molar refractivity (Wildman–Crippen MR) is 80.8 cm³/mol. The minimum absolute atomic E-state index is 0.0239. The van der Waals surface area contributed by atoms with Crippen molar-refractivity contribution in [3.05, 3.63) is 34.9 Å². The van der Waals surface area contributed by atoms with Crippen LogP contribution < -0.4 is 0 Å². The smallest absolute Gasteiger partial charge is 0.222 e. The summed E-state index contributed by atoms with van der Waals surface area (Å²) in [6.07, 6.45) is 0.192. The number of hydrogen-bond donors (Lipinski definition) is 1. The maximum Gasteiger partial charge on any atom is 0.222 e. The predicted octanol–water partition coefficient (Wildman–Crippen LogP) is 1.24. The number of carbonyl (C=O) groups is 1. The first-order chi connectivity index (χ1) is 9.85. The molecule has 1 atom stereocenters. The highest BCUT2D eigenvalue weighted by atomic mass is 35.5. The molecule has 1 aromatic rings. The molecule has 1 N–H and O–H groups in total. The summed E-state index contributed by atoms with van der Waals surface area (Å²) in [7, 11) is -3.44. The topological polar surface area (TPSA) is 74.7 Å². The van der Waals surface area contributed by atoms with Gasteiger partial charge < -0.3 is 10.0 Å². The number of β-amino-alcohol motifs (C(OH)–C–C–N with tert-alkyl or cyclic N) is 1. The Morgan fingerprint density at radius 2 is 1.95 bits per heavy atom. The molecular formula is C14H18ClNO4S. The Kier molecular flexibility index (Phi) is 5.24. The molecule has 0 unspecified atom stereocenters. The van der Waals surface area contributed by atoms with Crippen LogP contribution in [0.25, 0.3) is 0 Å². The first kappa shape index (κ1) is 16.3. The second kappa shape index (κ2) is 6.77. The van der Waals surface area contributed by atoms with E-state index in [2.05, 4.69) is 0 Å². The molecule has 0 aliphatic carbocycles. The quantitative estimate of drug-likeness (QED) is 0.851. The lowest BCUT2D eigenvalue weighted by Gasteiger charge is -2.19. The Morgan fingerprint density at radius 1 is 1.29 bits per heavy atom. The number of rotatable bonds is 6. The maximum absolute atomic E-state index is 12.1. The molecule has 1 amide bonds. The standard InChI is InChI=1S/C14H18ClNO4S/c15-12-5-3-11(4-6-12)9-21(19,20)10-13(17)8-16-7-1-2-14(16)18/h3-6,13,17H,1-2,7-10H2/t13-/m1/s1. The number of likely N-dealkylation sites (tertiary alicyclic amines) is 1. The molecule has 5 nitrogen and oxygen atoms in total. The van der Waals surface area contributed by atoms with Crippen LogP contribution in [0.15, 0.2) is 24.3 Å². The Hall–Kier alpha value is -1.11. The van der Waals surface area contributed by atoms with Crippen molar-refractivity contribution in [2.24, 2.45) is 0 Å². The van der Waals surface area contributed by atoms with Crippen molar-refractivity contribution in [3.63, 3.8) is 0 Å². The van der Waals surface area contributed by atoms with Gasteiger partial charge in [0.1, 0.15) is 0 Å². The van der Waals surface area contributed by atoms with Crippen LogP contribution in [0.4, 0.5) is 0 Å². The van der Waals surface area contributed by atoms with E-state index in [0.717, 1.165) is 6.42 Å². The van der Waals surface area contributed by atoms with E-state index in [9.17, 15) is 18.3 Å². The Balaban J connectivity index is 1.90. The zero-order valence-electron chi connectivity index (χ0n) is 11.5. The number of benzene rings is 1. The van der Waals surface area contributed by atoms with Gasteiger partial charge in [-0.2, -0.15) is 0 Å². The number of amides is 1. The minimum Gasteiger partial charge on any atom is -0.390 e. The third-order valence-electron chi connectivity index (χ3n) is 3.35. The molecule has 7 heteroatoms. The minimum atomic E-state index is -3.44. The van der Waals surface area contributed by atoms with E-state index in [1.807, 2.05) is 0 Å². The van der Waals surface area contributed by atoms with E-state index < -0.39 is 15.9 Å². The lowest BCUT2D eigenvalue weighted by molar-refractivity contribution is -0.128. The fourth-order valence-electron chi connectivity index (χ4n) is 2.39. The monoisotopic (exact) mass is 331 g/mol. The van der Waals surface area contributed by atoms with Gasteiger partial charge in [0.2, 0.25) is 5.91 Å². The van der Waals surface area contributed by atoms with Gasteiger partial charge in [0, 0.05) is 24.5 Å². The van der Waals surface area contributed by atoms with Crippen molar-refractivity contribution < 1.29 is 18.3 Å². The van der Waals surface area contributed by atoms with Crippen molar-refractivity contribution >= 4 is 27.3 Å². The van der Waals surface area contributed by atoms with E-state index >= 15 is 0 Å². The van der Waals surface area contributed by atoms with Crippen molar-refractivity contribution in [3.8, 4) is 0 Å². The highest BCUT2D eigenvalue weighted by Gasteiger charge is 2.25. The van der Waals surface area contributed by atoms with Gasteiger partial charge in [0.25, 0.3) is 0 Å². The van der Waals surface area contributed by atoms with Crippen LogP contribution in [0.3, 0.4) is 0 Å². The van der Waals surface area contributed by atoms with Crippen molar-refractivity contribution in [2.75, 3.05) is 18.8 Å². The molecule has 2 rings (SSSR count). The van der Waals surface area contributed by atoms with Crippen LogP contribution in [-0.4, -0.2) is 49.3 Å². The zero-order valence-corrected chi connectivity index (χ0v) is 13.1. The summed E-state index contributed by atoms with van der Waals surface area (Å²) in [5.74, 6) is -0.515. The Morgan fingerprint density at radius 3 is 2.52 bits per heavy atom. The number of nitrogens with zero attached hydrogens (tertiary/aromatic N) is 1. The summed E-state index contributed by atoms with van der Waals surface area (Å²) in [5.41, 5.74) is 0.629. The van der Waals surface area contributed by atoms with Crippen LogP contribution >= 0.6 is 11.6 Å². The molecule has 1 aliphatic rings. The van der Waals surface area contributed by atoms with Gasteiger partial charge in [-0.15, -0.1) is 0 Å². The fraction of sp³-hybridized carbons (Fsp3) is 0.500. The number of hydrogen-bond acceptors (Lipinski definition) is 4. The normalized spacial score (nSPS) is 17.2. The van der Waals surface area contributed by atoms with Gasteiger partial charge in [-0.3, -0.25) is 4.79 Å². The Bertz CT molecular complexity index is 600. The van der Waals surface area contributed by atoms with Gasteiger partial charge in [0.05, 0.1) is 17.6 Å². The molecular weight excluding hydrogens is 314 g/mol. The summed E-state index contributed by atoms with van der Waals surface area (Å²) in [5, 5.41) is 10.4. The molecule has 1 aromatic carbocycles. The molecule has 1 aliphatic heterocycles. The summed E-state index contributed by atoms with van der Waals surface area (Å²) in [6.45, 7) is 0.672. The summed E-state index contributed by atoms with van der Waals surface area (Å²) < 4.78 is 24.1. The van der Waals surface area contributed by atoms with Gasteiger partial charge in [-0.25, -0.2) is 8.42 Å². The second-order valence-corrected chi connectivity index (χ2v) is 7.82. The lowest BCUT2D eigenvalue weighted by atomic mass is 10.2. The van der Waals surface area contributed by atoms with Crippen LogP contribution in [-0.2, 0) is 20.4 Å². The molecule has 21 heavy (non-hydrogen) atoms. The van der Waals surface area contributed by atoms with Crippen molar-refractivity contribution in [1.82, 2.24) is 4.90 Å². The van der Waals surface area contributed by atoms with Crippen molar-refractivity contribution in [1.29, 1.82) is 0 Å². The molecule has 116 valence electrons. The molecule has 1 heterocycles. The van der Waals surface area contributed by atoms with E-state index in [-0.39, 0.29) is 24.0 Å². The van der Waals surface area contributed by atoms with Crippen LogP contribution in [0, 0.1) is 0 Å². The van der Waals surface area contributed by atoms with Gasteiger partial charge in [-0.05, 0) is 24.1 Å². The molecule has 0 bridgehead atoms. The van der Waals surface area contributed by atoms with Crippen LogP contribution in [0.1, 0.15) is 18.4 Å². The van der Waals surface area contributed by atoms with Gasteiger partial charge in [0.15, 0.2) is 9.84 Å². The highest BCUT2D eigenvalue weighted by molar-refractivity contribution is 7.90. The molecule has 0 spiro atoms. The largest absolute Gasteiger partial charge is 0.390 e. The van der Waals surface area contributed by atoms with E-state index in [4.69, 9.17) is 11.6 Å². The summed E-state index contributed by atoms with van der Waals surface area (Å²) in [4.78, 5) is 13.0. The third-order valence-corrected chi connectivity index (χ3v) is 5.27. The first-order valence-electron chi connectivity index (χ1n) is 6.76. The number of carbonyl (C=O) groups excluding carboxylic acids is 1. The first-order valence-corrected chi connectivity index (χ1v) is 8.96. The third kappa shape index (κ3) is 4.98. The molecule has 0 radical (unpaired) electrons. The maximum atomic E-state index is 12.1. The van der Waals surface area contributed by atoms with Crippen LogP contribution in [0.5, 0.6) is 0 Å². The van der Waals surface area contributed by atoms with Gasteiger partial charge >= 0.3 is 0 Å². The van der Waals surface area contributed by atoms with Crippen LogP contribution in [0.2, 0.25) is 5.02 Å². The van der Waals surface area contributed by atoms with E-state index in [0.29, 0.717) is 23.6 Å². The molecule has 1 saturated heterocycles. The number of aliphatic hydroxyl groups excluding tert-OH is 1. The SMILES string of the molecule is O=C1CCCN1C[C@@H](O)CS(=O)(=O)Cc1ccc(Cl)cc1. The molecule has 0 saturated carbocycles. The number of aliphatic hydroxyl groups is 1. The average molecular weight is 332 g/mol. The highest BCUT2D eigenvalue weighted by Crippen LogP contribution is 2.14. The fourth-order valence-corrected chi connectivity index (χ4v) is 4.03. The van der Waals surface area contributed by atoms with Crippen molar-refractivity contribution in [2.45, 2.75) is 24.7 Å².